The molecule has 3 atom stereocenters. The fourth-order valence-electron chi connectivity index (χ4n) is 8.61. The molecule has 2 N–H and O–H groups in total. The molecule has 0 aliphatic rings. The second-order valence-corrected chi connectivity index (χ2v) is 22.8. The van der Waals surface area contributed by atoms with E-state index in [0.717, 1.165) is 44.9 Å². The third kappa shape index (κ3) is 54.1. The Hall–Kier alpha value is -1.54. The molecule has 0 aromatic carbocycles. The molecule has 0 aromatic rings. The van der Waals surface area contributed by atoms with Crippen LogP contribution in [0.1, 0.15) is 277 Å². The van der Waals surface area contributed by atoms with Crippen molar-refractivity contribution in [1.82, 2.24) is 5.32 Å². The Morgan fingerprint density at radius 3 is 1.26 bits per heavy atom. The van der Waals surface area contributed by atoms with E-state index in [1.165, 1.54) is 212 Å². The number of unbranched alkanes of at least 4 members (excludes halogenated alkanes) is 35. The van der Waals surface area contributed by atoms with E-state index in [1.807, 2.05) is 27.2 Å². The first kappa shape index (κ1) is 67.5. The first-order valence-corrected chi connectivity index (χ1v) is 31.0. The van der Waals surface area contributed by atoms with Crippen LogP contribution in [0.15, 0.2) is 48.6 Å². The molecule has 0 fully saturated rings. The van der Waals surface area contributed by atoms with Crippen molar-refractivity contribution in [3.63, 3.8) is 0 Å². The topological polar surface area (TPSA) is 108 Å². The molecule has 0 aliphatic carbocycles. The van der Waals surface area contributed by atoms with Crippen molar-refractivity contribution in [2.45, 2.75) is 289 Å². The second-order valence-electron chi connectivity index (χ2n) is 21.3. The van der Waals surface area contributed by atoms with Gasteiger partial charge in [0.25, 0.3) is 7.82 Å². The van der Waals surface area contributed by atoms with E-state index in [1.54, 1.807) is 6.08 Å². The molecule has 0 aromatic heterocycles. The van der Waals surface area contributed by atoms with Gasteiger partial charge in [-0.3, -0.25) is 9.36 Å². The number of phosphoric ester groups is 1. The molecule has 3 unspecified atom stereocenters. The average molecular weight is 992 g/mol. The minimum absolute atomic E-state index is 0.00637. The van der Waals surface area contributed by atoms with Crippen molar-refractivity contribution in [3.05, 3.63) is 48.6 Å². The van der Waals surface area contributed by atoms with Crippen LogP contribution in [0.4, 0.5) is 0 Å². The van der Waals surface area contributed by atoms with Crippen molar-refractivity contribution >= 4 is 13.7 Å². The highest BCUT2D eigenvalue weighted by atomic mass is 31.2. The van der Waals surface area contributed by atoms with Crippen LogP contribution in [-0.4, -0.2) is 68.5 Å². The summed E-state index contributed by atoms with van der Waals surface area (Å²) in [6.07, 6.45) is 67.7. The molecule has 0 saturated heterocycles. The highest BCUT2D eigenvalue weighted by Gasteiger charge is 2.23. The summed E-state index contributed by atoms with van der Waals surface area (Å²) < 4.78 is 23.3. The van der Waals surface area contributed by atoms with Gasteiger partial charge in [0.2, 0.25) is 5.91 Å². The Morgan fingerprint density at radius 1 is 0.507 bits per heavy atom. The van der Waals surface area contributed by atoms with Crippen molar-refractivity contribution in [3.8, 4) is 0 Å². The quantitative estimate of drug-likeness (QED) is 0.0272. The summed E-state index contributed by atoms with van der Waals surface area (Å²) in [5, 5.41) is 13.8. The van der Waals surface area contributed by atoms with Crippen molar-refractivity contribution in [2.24, 2.45) is 0 Å². The lowest BCUT2D eigenvalue weighted by Gasteiger charge is -2.29. The summed E-state index contributed by atoms with van der Waals surface area (Å²) in [7, 11) is 1.25. The van der Waals surface area contributed by atoms with E-state index in [4.69, 9.17) is 9.05 Å². The smallest absolute Gasteiger partial charge is 0.268 e. The number of nitrogens with one attached hydrogen (secondary N) is 1. The molecule has 0 radical (unpaired) electrons. The number of aliphatic hydroxyl groups is 1. The van der Waals surface area contributed by atoms with Gasteiger partial charge in [-0.25, -0.2) is 0 Å². The number of nitrogens with zero attached hydrogens (tertiary/aromatic N) is 1. The van der Waals surface area contributed by atoms with Crippen LogP contribution in [0.5, 0.6) is 0 Å². The van der Waals surface area contributed by atoms with Gasteiger partial charge in [-0.2, -0.15) is 0 Å². The zero-order valence-electron chi connectivity index (χ0n) is 46.3. The Bertz CT molecular complexity index is 1260. The lowest BCUT2D eigenvalue weighted by atomic mass is 10.0. The summed E-state index contributed by atoms with van der Waals surface area (Å²) in [6.45, 7) is 4.65. The van der Waals surface area contributed by atoms with Crippen molar-refractivity contribution in [1.29, 1.82) is 0 Å². The fraction of sp³-hybridized carbons (Fsp3) is 0.850. The monoisotopic (exact) mass is 991 g/mol. The van der Waals surface area contributed by atoms with Crippen LogP contribution in [0.25, 0.3) is 0 Å². The Labute approximate surface area is 429 Å². The number of hydrogen-bond donors (Lipinski definition) is 2. The van der Waals surface area contributed by atoms with E-state index in [0.29, 0.717) is 17.4 Å². The molecule has 0 heterocycles. The maximum atomic E-state index is 13.0. The van der Waals surface area contributed by atoms with Gasteiger partial charge in [0, 0.05) is 6.42 Å². The number of allylic oxidation sites excluding steroid dienone is 7. The molecule has 1 amide bonds. The Balaban J connectivity index is 4.12. The van der Waals surface area contributed by atoms with Gasteiger partial charge >= 0.3 is 0 Å². The van der Waals surface area contributed by atoms with Crippen LogP contribution >= 0.6 is 7.82 Å². The van der Waals surface area contributed by atoms with Crippen LogP contribution in [0.2, 0.25) is 0 Å². The summed E-state index contributed by atoms with van der Waals surface area (Å²) >= 11 is 0. The summed E-state index contributed by atoms with van der Waals surface area (Å²) in [6, 6.07) is -0.904. The predicted octanol–water partition coefficient (Wildman–Crippen LogP) is 17.3. The van der Waals surface area contributed by atoms with Crippen molar-refractivity contribution in [2.75, 3.05) is 40.9 Å². The zero-order valence-corrected chi connectivity index (χ0v) is 47.2. The Kier molecular flexibility index (Phi) is 50.2. The maximum absolute atomic E-state index is 13.0. The largest absolute Gasteiger partial charge is 0.756 e. The van der Waals surface area contributed by atoms with Crippen molar-refractivity contribution < 1.29 is 32.9 Å². The molecule has 0 spiro atoms. The minimum atomic E-state index is -4.60. The van der Waals surface area contributed by atoms with Gasteiger partial charge in [-0.1, -0.05) is 255 Å². The molecule has 0 aliphatic heterocycles. The highest BCUT2D eigenvalue weighted by Crippen LogP contribution is 2.38. The number of amides is 1. The number of phosphoric acid groups is 1. The van der Waals surface area contributed by atoms with E-state index >= 15 is 0 Å². The third-order valence-corrected chi connectivity index (χ3v) is 14.2. The van der Waals surface area contributed by atoms with E-state index in [9.17, 15) is 19.4 Å². The minimum Gasteiger partial charge on any atom is -0.756 e. The summed E-state index contributed by atoms with van der Waals surface area (Å²) in [5.41, 5.74) is 0. The van der Waals surface area contributed by atoms with E-state index < -0.39 is 26.6 Å². The Morgan fingerprint density at radius 2 is 0.855 bits per heavy atom. The molecular weight excluding hydrogens is 876 g/mol. The molecule has 8 nitrogen and oxygen atoms in total. The first-order chi connectivity index (χ1) is 33.5. The lowest BCUT2D eigenvalue weighted by molar-refractivity contribution is -0.870. The van der Waals surface area contributed by atoms with Gasteiger partial charge in [-0.05, 0) is 64.2 Å². The number of likely N-dealkylation sites (N-methyl/N-ethyl adjacent to an activating group) is 1. The normalized spacial score (nSPS) is 14.2. The SMILES string of the molecule is CCCCCCCCCCC/C=C\C/C=C\CCCCCCCCCCCCCCCCCC(=O)NC(COP(=O)([O-])OCC[N+](C)(C)C)C(O)/C=C/CC/C=C/CCCCCCCCCCCC. The lowest BCUT2D eigenvalue weighted by Crippen LogP contribution is -2.45. The van der Waals surface area contributed by atoms with Crippen LogP contribution < -0.4 is 10.2 Å². The van der Waals surface area contributed by atoms with Gasteiger partial charge in [0.1, 0.15) is 13.2 Å². The predicted molar refractivity (Wildman–Crippen MR) is 298 cm³/mol. The van der Waals surface area contributed by atoms with Crippen LogP contribution in [-0.2, 0) is 18.4 Å². The third-order valence-electron chi connectivity index (χ3n) is 13.3. The standard InChI is InChI=1S/C60H115N2O6P/c1-6-8-10-12-14-16-18-20-22-24-25-26-27-28-29-30-31-32-33-34-35-36-37-38-40-42-44-46-48-50-52-54-60(64)61-58(57-68-69(65,66)67-56-55-62(3,4)5)59(63)53-51-49-47-45-43-41-39-23-21-19-17-15-13-11-9-7-2/h25-26,28-29,43,45,51,53,58-59,63H,6-24,27,30-42,44,46-50,52,54-57H2,1-5H3,(H-,61,64,65,66)/b26-25-,29-28-,45-43+,53-51+. The van der Waals surface area contributed by atoms with Gasteiger partial charge in [0.05, 0.1) is 39.9 Å². The van der Waals surface area contributed by atoms with E-state index in [2.05, 4.69) is 55.6 Å². The maximum Gasteiger partial charge on any atom is 0.268 e. The fourth-order valence-corrected chi connectivity index (χ4v) is 9.34. The number of quaternary nitrogens is 1. The molecular formula is C60H115N2O6P. The average Bonchev–Trinajstić information content (AvgIpc) is 3.31. The van der Waals surface area contributed by atoms with Crippen LogP contribution in [0, 0.1) is 0 Å². The zero-order chi connectivity index (χ0) is 50.6. The number of carbonyl (C=O) groups excluding carboxylic acids is 1. The second kappa shape index (κ2) is 51.4. The first-order valence-electron chi connectivity index (χ1n) is 29.5. The molecule has 0 bridgehead atoms. The number of rotatable bonds is 54. The van der Waals surface area contributed by atoms with E-state index in [-0.39, 0.29) is 12.5 Å². The molecule has 406 valence electrons. The molecule has 0 rings (SSSR count). The van der Waals surface area contributed by atoms with Gasteiger partial charge in [0.15, 0.2) is 0 Å². The number of aliphatic hydroxyl groups excluding tert-OH is 1. The number of carbonyl (C=O) groups is 1. The summed E-state index contributed by atoms with van der Waals surface area (Å²) in [5.74, 6) is -0.205. The summed E-state index contributed by atoms with van der Waals surface area (Å²) in [4.78, 5) is 25.5. The molecule has 9 heteroatoms. The highest BCUT2D eigenvalue weighted by molar-refractivity contribution is 7.45. The molecule has 0 saturated carbocycles. The molecule has 69 heavy (non-hydrogen) atoms. The van der Waals surface area contributed by atoms with Crippen LogP contribution in [0.3, 0.4) is 0 Å². The van der Waals surface area contributed by atoms with Gasteiger partial charge < -0.3 is 28.8 Å². The number of hydrogen-bond acceptors (Lipinski definition) is 6. The van der Waals surface area contributed by atoms with Gasteiger partial charge in [-0.15, -0.1) is 0 Å².